The van der Waals surface area contributed by atoms with Gasteiger partial charge in [-0.1, -0.05) is 54.6 Å². The fourth-order valence-electron chi connectivity index (χ4n) is 3.00. The lowest BCUT2D eigenvalue weighted by Gasteiger charge is -2.07. The second-order valence-electron chi connectivity index (χ2n) is 6.53. The maximum atomic E-state index is 12.6. The third-order valence-corrected chi connectivity index (χ3v) is 4.58. The van der Waals surface area contributed by atoms with Crippen molar-refractivity contribution in [3.05, 3.63) is 101 Å². The largest absolute Gasteiger partial charge is 0.485 e. The molecule has 3 aromatic carbocycles. The number of benzene rings is 3. The van der Waals surface area contributed by atoms with Gasteiger partial charge in [0.25, 0.3) is 0 Å². The Morgan fingerprint density at radius 2 is 1.75 bits per heavy atom. The van der Waals surface area contributed by atoms with Crippen molar-refractivity contribution in [2.45, 2.75) is 6.92 Å². The lowest BCUT2D eigenvalue weighted by Crippen LogP contribution is -2.11. The van der Waals surface area contributed by atoms with Crippen molar-refractivity contribution >= 4 is 17.6 Å². The van der Waals surface area contributed by atoms with Gasteiger partial charge in [0.05, 0.1) is 5.56 Å². The van der Waals surface area contributed by atoms with E-state index in [0.717, 1.165) is 11.1 Å². The normalized spacial score (nSPS) is 13.9. The highest BCUT2D eigenvalue weighted by Gasteiger charge is 2.28. The third kappa shape index (κ3) is 3.58. The Hall–Kier alpha value is -3.66. The molecule has 0 atom stereocenters. The van der Waals surface area contributed by atoms with Crippen LogP contribution in [0, 0.1) is 6.92 Å². The summed E-state index contributed by atoms with van der Waals surface area (Å²) in [7, 11) is 0. The van der Waals surface area contributed by atoms with E-state index in [2.05, 4.69) is 0 Å². The number of allylic oxidation sites excluding steroid dienone is 1. The summed E-state index contributed by atoms with van der Waals surface area (Å²) in [5, 5.41) is 0. The zero-order chi connectivity index (χ0) is 19.5. The van der Waals surface area contributed by atoms with Crippen molar-refractivity contribution < 1.29 is 19.1 Å². The first-order valence-corrected chi connectivity index (χ1v) is 8.97. The summed E-state index contributed by atoms with van der Waals surface area (Å²) in [6, 6.07) is 21.7. The molecule has 0 spiro atoms. The van der Waals surface area contributed by atoms with Crippen LogP contribution in [-0.2, 0) is 0 Å². The minimum absolute atomic E-state index is 0.0807. The Morgan fingerprint density at radius 3 is 2.54 bits per heavy atom. The molecule has 0 radical (unpaired) electrons. The van der Waals surface area contributed by atoms with E-state index in [-0.39, 0.29) is 23.9 Å². The molecular weight excluding hydrogens is 352 g/mol. The lowest BCUT2D eigenvalue weighted by molar-refractivity contribution is 0.0921. The number of carbonyl (C=O) groups excluding carboxylic acids is 2. The second-order valence-corrected chi connectivity index (χ2v) is 6.53. The quantitative estimate of drug-likeness (QED) is 0.475. The highest BCUT2D eigenvalue weighted by molar-refractivity contribution is 6.14. The van der Waals surface area contributed by atoms with Crippen molar-refractivity contribution in [1.29, 1.82) is 0 Å². The molecule has 3 aromatic rings. The van der Waals surface area contributed by atoms with Gasteiger partial charge in [-0.2, -0.15) is 0 Å². The van der Waals surface area contributed by atoms with Gasteiger partial charge in [-0.25, -0.2) is 0 Å². The SMILES string of the molecule is Cc1ccccc1C=C1Oc2cc(OCC(=O)c3ccccc3)ccc2C1=O. The smallest absolute Gasteiger partial charge is 0.231 e. The van der Waals surface area contributed by atoms with Crippen LogP contribution in [0.2, 0.25) is 0 Å². The molecule has 0 saturated carbocycles. The zero-order valence-corrected chi connectivity index (χ0v) is 15.3. The minimum Gasteiger partial charge on any atom is -0.485 e. The van der Waals surface area contributed by atoms with E-state index < -0.39 is 0 Å². The number of ketones is 2. The number of hydrogen-bond donors (Lipinski definition) is 0. The van der Waals surface area contributed by atoms with Crippen molar-refractivity contribution in [2.24, 2.45) is 0 Å². The van der Waals surface area contributed by atoms with Crippen LogP contribution in [0.4, 0.5) is 0 Å². The van der Waals surface area contributed by atoms with Crippen LogP contribution in [0.15, 0.2) is 78.6 Å². The first kappa shape index (κ1) is 17.7. The van der Waals surface area contributed by atoms with Crippen LogP contribution in [-0.4, -0.2) is 18.2 Å². The molecule has 1 aliphatic rings. The number of fused-ring (bicyclic) bond motifs is 1. The number of Topliss-reactive ketones (excluding diaryl/α,β-unsaturated/α-hetero) is 2. The Balaban J connectivity index is 1.50. The van der Waals surface area contributed by atoms with Crippen molar-refractivity contribution in [3.63, 3.8) is 0 Å². The summed E-state index contributed by atoms with van der Waals surface area (Å²) in [5.74, 6) is 0.924. The van der Waals surface area contributed by atoms with Crippen LogP contribution < -0.4 is 9.47 Å². The Kier molecular flexibility index (Phi) is 4.77. The highest BCUT2D eigenvalue weighted by Crippen LogP contribution is 2.35. The molecule has 1 aliphatic heterocycles. The molecule has 0 saturated heterocycles. The molecule has 0 amide bonds. The summed E-state index contributed by atoms with van der Waals surface area (Å²) in [6.45, 7) is 1.90. The Bertz CT molecular complexity index is 1080. The maximum absolute atomic E-state index is 12.6. The molecule has 0 N–H and O–H groups in total. The molecule has 0 unspecified atom stereocenters. The molecule has 4 heteroatoms. The summed E-state index contributed by atoms with van der Waals surface area (Å²) in [6.07, 6.45) is 1.75. The van der Waals surface area contributed by atoms with Gasteiger partial charge in [-0.05, 0) is 36.3 Å². The predicted octanol–water partition coefficient (Wildman–Crippen LogP) is 4.87. The molecular formula is C24H18O4. The molecule has 4 nitrogen and oxygen atoms in total. The fraction of sp³-hybridized carbons (Fsp3) is 0.0833. The summed E-state index contributed by atoms with van der Waals surface area (Å²) < 4.78 is 11.4. The van der Waals surface area contributed by atoms with Gasteiger partial charge in [0.15, 0.2) is 18.1 Å². The Morgan fingerprint density at radius 1 is 1.00 bits per heavy atom. The monoisotopic (exact) mass is 370 g/mol. The van der Waals surface area contributed by atoms with Crippen LogP contribution in [0.5, 0.6) is 11.5 Å². The average Bonchev–Trinajstić information content (AvgIpc) is 3.03. The fourth-order valence-corrected chi connectivity index (χ4v) is 3.00. The molecule has 0 fully saturated rings. The van der Waals surface area contributed by atoms with E-state index in [1.54, 1.807) is 36.4 Å². The van der Waals surface area contributed by atoms with Crippen molar-refractivity contribution in [2.75, 3.05) is 6.61 Å². The van der Waals surface area contributed by atoms with Crippen molar-refractivity contribution in [3.8, 4) is 11.5 Å². The van der Waals surface area contributed by atoms with Gasteiger partial charge in [0.2, 0.25) is 5.78 Å². The van der Waals surface area contributed by atoms with Gasteiger partial charge in [-0.3, -0.25) is 9.59 Å². The van der Waals surface area contributed by atoms with E-state index in [4.69, 9.17) is 9.47 Å². The van der Waals surface area contributed by atoms with Crippen LogP contribution in [0.3, 0.4) is 0 Å². The van der Waals surface area contributed by atoms with E-state index in [1.807, 2.05) is 49.4 Å². The predicted molar refractivity (Wildman–Crippen MR) is 107 cm³/mol. The van der Waals surface area contributed by atoms with Crippen LogP contribution >= 0.6 is 0 Å². The third-order valence-electron chi connectivity index (χ3n) is 4.58. The molecule has 138 valence electrons. The van der Waals surface area contributed by atoms with Gasteiger partial charge < -0.3 is 9.47 Å². The number of aryl methyl sites for hydroxylation is 1. The molecule has 4 rings (SSSR count). The molecule has 28 heavy (non-hydrogen) atoms. The number of hydrogen-bond acceptors (Lipinski definition) is 4. The van der Waals surface area contributed by atoms with Gasteiger partial charge in [0, 0.05) is 11.6 Å². The molecule has 0 aromatic heterocycles. The second kappa shape index (κ2) is 7.53. The van der Waals surface area contributed by atoms with Crippen LogP contribution in [0.25, 0.3) is 6.08 Å². The lowest BCUT2D eigenvalue weighted by atomic mass is 10.1. The highest BCUT2D eigenvalue weighted by atomic mass is 16.5. The molecule has 1 heterocycles. The first-order valence-electron chi connectivity index (χ1n) is 8.97. The summed E-state index contributed by atoms with van der Waals surface area (Å²) >= 11 is 0. The van der Waals surface area contributed by atoms with Crippen molar-refractivity contribution in [1.82, 2.24) is 0 Å². The minimum atomic E-state index is -0.162. The summed E-state index contributed by atoms with van der Waals surface area (Å²) in [4.78, 5) is 24.8. The Labute approximate surface area is 163 Å². The first-order chi connectivity index (χ1) is 13.6. The van der Waals surface area contributed by atoms with Gasteiger partial charge >= 0.3 is 0 Å². The van der Waals surface area contributed by atoms with Gasteiger partial charge in [-0.15, -0.1) is 0 Å². The topological polar surface area (TPSA) is 52.6 Å². The zero-order valence-electron chi connectivity index (χ0n) is 15.3. The molecule has 0 bridgehead atoms. The number of rotatable bonds is 5. The van der Waals surface area contributed by atoms with Gasteiger partial charge in [0.1, 0.15) is 11.5 Å². The number of ether oxygens (including phenoxy) is 2. The van der Waals surface area contributed by atoms with Crippen LogP contribution in [0.1, 0.15) is 31.8 Å². The standard InChI is InChI=1S/C24H18O4/c1-16-7-5-6-10-18(16)13-23-24(26)20-12-11-19(14-22(20)28-23)27-15-21(25)17-8-3-2-4-9-17/h2-14H,15H2,1H3. The van der Waals surface area contributed by atoms with E-state index in [9.17, 15) is 9.59 Å². The van der Waals surface area contributed by atoms with E-state index in [1.165, 1.54) is 0 Å². The van der Waals surface area contributed by atoms with E-state index in [0.29, 0.717) is 22.6 Å². The molecule has 0 aliphatic carbocycles. The summed E-state index contributed by atoms with van der Waals surface area (Å²) in [5.41, 5.74) is 3.08. The average molecular weight is 370 g/mol. The maximum Gasteiger partial charge on any atom is 0.231 e. The number of carbonyl (C=O) groups is 2. The van der Waals surface area contributed by atoms with E-state index >= 15 is 0 Å².